The van der Waals surface area contributed by atoms with E-state index in [0.29, 0.717) is 22.6 Å². The van der Waals surface area contributed by atoms with E-state index in [2.05, 4.69) is 5.32 Å². The van der Waals surface area contributed by atoms with Crippen molar-refractivity contribution in [3.05, 3.63) is 93.3 Å². The first kappa shape index (κ1) is 19.5. The van der Waals surface area contributed by atoms with Gasteiger partial charge in [0.05, 0.1) is 5.57 Å². The number of ether oxygens (including phenoxy) is 1. The Hall–Kier alpha value is -2.85. The van der Waals surface area contributed by atoms with Crippen molar-refractivity contribution in [2.45, 2.75) is 38.7 Å². The van der Waals surface area contributed by atoms with Crippen LogP contribution >= 0.6 is 11.6 Å². The van der Waals surface area contributed by atoms with Crippen LogP contribution in [0.15, 0.2) is 77.1 Å². The summed E-state index contributed by atoms with van der Waals surface area (Å²) in [6, 6.07) is 16.9. The fourth-order valence-electron chi connectivity index (χ4n) is 4.04. The standard InChI is InChI=1S/C24H22ClNO3/c1-15-21(24(28)29-14-16-6-3-2-4-7-16)22(17-10-12-18(25)13-11-17)23-19(26-15)8-5-9-20(23)27/h2-4,6-7,10-13,22,26H,5,8-9,14H2,1H3/t22-/m0/s1. The Labute approximate surface area is 175 Å². The summed E-state index contributed by atoms with van der Waals surface area (Å²) in [6.45, 7) is 2.05. The molecule has 1 heterocycles. The van der Waals surface area contributed by atoms with Crippen LogP contribution in [0.25, 0.3) is 0 Å². The molecule has 29 heavy (non-hydrogen) atoms. The number of halogens is 1. The van der Waals surface area contributed by atoms with Crippen LogP contribution in [-0.2, 0) is 20.9 Å². The van der Waals surface area contributed by atoms with E-state index in [1.807, 2.05) is 49.4 Å². The summed E-state index contributed by atoms with van der Waals surface area (Å²) in [5.41, 5.74) is 4.59. The molecule has 4 nitrogen and oxygen atoms in total. The summed E-state index contributed by atoms with van der Waals surface area (Å²) >= 11 is 6.07. The molecule has 1 aliphatic carbocycles. The lowest BCUT2D eigenvalue weighted by Crippen LogP contribution is -2.34. The summed E-state index contributed by atoms with van der Waals surface area (Å²) in [5.74, 6) is -0.775. The lowest BCUT2D eigenvalue weighted by atomic mass is 9.75. The molecular weight excluding hydrogens is 386 g/mol. The van der Waals surface area contributed by atoms with Gasteiger partial charge < -0.3 is 10.1 Å². The topological polar surface area (TPSA) is 55.4 Å². The first-order chi connectivity index (χ1) is 14.0. The number of nitrogens with one attached hydrogen (secondary N) is 1. The summed E-state index contributed by atoms with van der Waals surface area (Å²) in [5, 5.41) is 3.91. The molecule has 0 bridgehead atoms. The predicted octanol–water partition coefficient (Wildman–Crippen LogP) is 5.05. The first-order valence-corrected chi connectivity index (χ1v) is 10.1. The van der Waals surface area contributed by atoms with Crippen molar-refractivity contribution < 1.29 is 14.3 Å². The van der Waals surface area contributed by atoms with Gasteiger partial charge in [-0.25, -0.2) is 4.79 Å². The molecule has 2 aromatic carbocycles. The van der Waals surface area contributed by atoms with E-state index < -0.39 is 11.9 Å². The maximum Gasteiger partial charge on any atom is 0.337 e. The number of Topliss-reactive ketones (excluding diaryl/α,β-unsaturated/α-hetero) is 1. The second-order valence-electron chi connectivity index (χ2n) is 7.38. The molecule has 148 valence electrons. The lowest BCUT2D eigenvalue weighted by Gasteiger charge is -2.34. The summed E-state index contributed by atoms with van der Waals surface area (Å²) < 4.78 is 5.63. The number of carbonyl (C=O) groups excluding carboxylic acids is 2. The zero-order valence-electron chi connectivity index (χ0n) is 16.2. The maximum absolute atomic E-state index is 13.1. The van der Waals surface area contributed by atoms with Gasteiger partial charge in [0.15, 0.2) is 5.78 Å². The van der Waals surface area contributed by atoms with Crippen molar-refractivity contribution in [1.82, 2.24) is 5.32 Å². The molecule has 0 saturated carbocycles. The number of benzene rings is 2. The van der Waals surface area contributed by atoms with E-state index in [-0.39, 0.29) is 12.4 Å². The van der Waals surface area contributed by atoms with Crippen LogP contribution in [0.2, 0.25) is 5.02 Å². The van der Waals surface area contributed by atoms with Gasteiger partial charge >= 0.3 is 5.97 Å². The highest BCUT2D eigenvalue weighted by Gasteiger charge is 2.39. The van der Waals surface area contributed by atoms with Gasteiger partial charge in [0.1, 0.15) is 6.61 Å². The Morgan fingerprint density at radius 3 is 2.55 bits per heavy atom. The third-order valence-corrected chi connectivity index (χ3v) is 5.66. The zero-order chi connectivity index (χ0) is 20.4. The average Bonchev–Trinajstić information content (AvgIpc) is 2.72. The SMILES string of the molecule is CC1=C(C(=O)OCc2ccccc2)[C@H](c2ccc(Cl)cc2)C2=C(CCCC2=O)N1. The molecule has 1 aliphatic heterocycles. The molecule has 0 spiro atoms. The molecule has 0 fully saturated rings. The van der Waals surface area contributed by atoms with Crippen LogP contribution < -0.4 is 5.32 Å². The van der Waals surface area contributed by atoms with E-state index in [1.165, 1.54) is 0 Å². The van der Waals surface area contributed by atoms with E-state index >= 15 is 0 Å². The zero-order valence-corrected chi connectivity index (χ0v) is 17.0. The van der Waals surface area contributed by atoms with Gasteiger partial charge in [0, 0.05) is 34.3 Å². The largest absolute Gasteiger partial charge is 0.457 e. The van der Waals surface area contributed by atoms with Crippen molar-refractivity contribution in [2.75, 3.05) is 0 Å². The predicted molar refractivity (Wildman–Crippen MR) is 112 cm³/mol. The van der Waals surface area contributed by atoms with Gasteiger partial charge in [-0.15, -0.1) is 0 Å². The highest BCUT2D eigenvalue weighted by Crippen LogP contribution is 2.42. The number of esters is 1. The van der Waals surface area contributed by atoms with E-state index in [9.17, 15) is 9.59 Å². The van der Waals surface area contributed by atoms with Crippen molar-refractivity contribution in [3.63, 3.8) is 0 Å². The van der Waals surface area contributed by atoms with Gasteiger partial charge in [-0.3, -0.25) is 4.79 Å². The maximum atomic E-state index is 13.1. The van der Waals surface area contributed by atoms with Gasteiger partial charge in [-0.2, -0.15) is 0 Å². The van der Waals surface area contributed by atoms with Crippen LogP contribution in [0.4, 0.5) is 0 Å². The van der Waals surface area contributed by atoms with Crippen LogP contribution in [0.1, 0.15) is 43.2 Å². The second-order valence-corrected chi connectivity index (χ2v) is 7.82. The van der Waals surface area contributed by atoms with Crippen LogP contribution in [-0.4, -0.2) is 11.8 Å². The number of allylic oxidation sites excluding steroid dienone is 3. The van der Waals surface area contributed by atoms with Crippen molar-refractivity contribution in [3.8, 4) is 0 Å². The minimum absolute atomic E-state index is 0.0829. The molecule has 2 aliphatic rings. The monoisotopic (exact) mass is 407 g/mol. The molecule has 5 heteroatoms. The third kappa shape index (κ3) is 3.99. The Bertz CT molecular complexity index is 1010. The van der Waals surface area contributed by atoms with Crippen molar-refractivity contribution >= 4 is 23.4 Å². The number of rotatable bonds is 4. The van der Waals surface area contributed by atoms with E-state index in [1.54, 1.807) is 12.1 Å². The Morgan fingerprint density at radius 2 is 1.83 bits per heavy atom. The molecule has 0 amide bonds. The number of hydrogen-bond donors (Lipinski definition) is 1. The van der Waals surface area contributed by atoms with E-state index in [4.69, 9.17) is 16.3 Å². The Balaban J connectivity index is 1.70. The molecule has 1 atom stereocenters. The highest BCUT2D eigenvalue weighted by molar-refractivity contribution is 6.30. The molecule has 0 aromatic heterocycles. The second kappa shape index (κ2) is 8.26. The molecule has 2 aromatic rings. The molecular formula is C24H22ClNO3. The average molecular weight is 408 g/mol. The Morgan fingerprint density at radius 1 is 1.10 bits per heavy atom. The van der Waals surface area contributed by atoms with Crippen molar-refractivity contribution in [2.24, 2.45) is 0 Å². The highest BCUT2D eigenvalue weighted by atomic mass is 35.5. The normalized spacial score (nSPS) is 19.0. The fraction of sp³-hybridized carbons (Fsp3) is 0.250. The first-order valence-electron chi connectivity index (χ1n) is 9.75. The Kier molecular flexibility index (Phi) is 5.54. The lowest BCUT2D eigenvalue weighted by molar-refractivity contribution is -0.140. The number of hydrogen-bond acceptors (Lipinski definition) is 4. The van der Waals surface area contributed by atoms with Gasteiger partial charge in [-0.05, 0) is 43.0 Å². The number of carbonyl (C=O) groups is 2. The summed E-state index contributed by atoms with van der Waals surface area (Å²) in [6.07, 6.45) is 2.11. The number of dihydropyridines is 1. The molecule has 0 radical (unpaired) electrons. The molecule has 0 saturated heterocycles. The van der Waals surface area contributed by atoms with Crippen LogP contribution in [0.3, 0.4) is 0 Å². The summed E-state index contributed by atoms with van der Waals surface area (Å²) in [4.78, 5) is 26.0. The van der Waals surface area contributed by atoms with Gasteiger partial charge in [0.25, 0.3) is 0 Å². The minimum Gasteiger partial charge on any atom is -0.457 e. The quantitative estimate of drug-likeness (QED) is 0.720. The van der Waals surface area contributed by atoms with Crippen LogP contribution in [0, 0.1) is 0 Å². The van der Waals surface area contributed by atoms with Crippen LogP contribution in [0.5, 0.6) is 0 Å². The smallest absolute Gasteiger partial charge is 0.337 e. The van der Waals surface area contributed by atoms with Gasteiger partial charge in [0.2, 0.25) is 0 Å². The minimum atomic E-state index is -0.445. The molecule has 1 N–H and O–H groups in total. The van der Waals surface area contributed by atoms with Gasteiger partial charge in [-0.1, -0.05) is 54.1 Å². The molecule has 0 unspecified atom stereocenters. The fourth-order valence-corrected chi connectivity index (χ4v) is 4.17. The van der Waals surface area contributed by atoms with E-state index in [0.717, 1.165) is 35.4 Å². The molecule has 4 rings (SSSR count). The van der Waals surface area contributed by atoms with Crippen molar-refractivity contribution in [1.29, 1.82) is 0 Å². The third-order valence-electron chi connectivity index (χ3n) is 5.41. The summed E-state index contributed by atoms with van der Waals surface area (Å²) in [7, 11) is 0. The number of ketones is 1.